The van der Waals surface area contributed by atoms with Gasteiger partial charge in [-0.25, -0.2) is 8.42 Å². The third-order valence-corrected chi connectivity index (χ3v) is 9.58. The standard InChI is InChI=1S/C33H33ClN2O3S/c1-25-12-17-30(34)23-32(25)36(40(38,39)31-10-6-3-7-11-31)24-28-13-15-29(16-14-28)33(37)35-20-18-27(19-21-35)22-26-8-4-2-5-9-26/h2-17,23,27H,18-22,24H2,1H3. The highest BCUT2D eigenvalue weighted by Crippen LogP contribution is 2.31. The van der Waals surface area contributed by atoms with Crippen LogP contribution in [-0.2, 0) is 23.0 Å². The van der Waals surface area contributed by atoms with E-state index in [1.807, 2.05) is 36.1 Å². The van der Waals surface area contributed by atoms with E-state index >= 15 is 0 Å². The van der Waals surface area contributed by atoms with Crippen LogP contribution in [0.15, 0.2) is 108 Å². The van der Waals surface area contributed by atoms with Gasteiger partial charge >= 0.3 is 0 Å². The van der Waals surface area contributed by atoms with Gasteiger partial charge in [0.2, 0.25) is 0 Å². The number of nitrogens with zero attached hydrogens (tertiary/aromatic N) is 2. The Balaban J connectivity index is 1.30. The number of carbonyl (C=O) groups is 1. The second-order valence-corrected chi connectivity index (χ2v) is 12.7. The number of likely N-dealkylation sites (tertiary alicyclic amines) is 1. The van der Waals surface area contributed by atoms with Crippen molar-refractivity contribution in [2.75, 3.05) is 17.4 Å². The van der Waals surface area contributed by atoms with E-state index in [1.165, 1.54) is 9.87 Å². The number of piperidine rings is 1. The van der Waals surface area contributed by atoms with Crippen molar-refractivity contribution in [1.29, 1.82) is 0 Å². The number of anilines is 1. The molecule has 0 N–H and O–H groups in total. The number of amides is 1. The molecule has 0 unspecified atom stereocenters. The molecule has 0 spiro atoms. The van der Waals surface area contributed by atoms with Crippen LogP contribution in [0.4, 0.5) is 5.69 Å². The molecule has 40 heavy (non-hydrogen) atoms. The number of sulfonamides is 1. The van der Waals surface area contributed by atoms with Gasteiger partial charge in [0.1, 0.15) is 0 Å². The van der Waals surface area contributed by atoms with Crippen LogP contribution < -0.4 is 4.31 Å². The molecule has 4 aromatic carbocycles. The van der Waals surface area contributed by atoms with Gasteiger partial charge in [-0.1, -0.05) is 78.3 Å². The Morgan fingerprint density at radius 1 is 0.850 bits per heavy atom. The van der Waals surface area contributed by atoms with Crippen molar-refractivity contribution in [3.8, 4) is 0 Å². The highest BCUT2D eigenvalue weighted by atomic mass is 35.5. The highest BCUT2D eigenvalue weighted by Gasteiger charge is 2.27. The van der Waals surface area contributed by atoms with E-state index in [0.717, 1.165) is 43.5 Å². The maximum atomic E-state index is 13.7. The molecule has 1 aliphatic heterocycles. The predicted molar refractivity (Wildman–Crippen MR) is 161 cm³/mol. The summed E-state index contributed by atoms with van der Waals surface area (Å²) in [6.45, 7) is 3.46. The smallest absolute Gasteiger partial charge is 0.264 e. The van der Waals surface area contributed by atoms with Crippen LogP contribution in [0.25, 0.3) is 0 Å². The molecule has 1 saturated heterocycles. The van der Waals surface area contributed by atoms with Gasteiger partial charge < -0.3 is 4.90 Å². The molecular weight excluding hydrogens is 540 g/mol. The Labute approximate surface area is 242 Å². The number of hydrogen-bond acceptors (Lipinski definition) is 3. The summed E-state index contributed by atoms with van der Waals surface area (Å²) in [5.41, 5.74) is 4.05. The number of hydrogen-bond donors (Lipinski definition) is 0. The van der Waals surface area contributed by atoms with Crippen molar-refractivity contribution in [3.63, 3.8) is 0 Å². The van der Waals surface area contributed by atoms with E-state index in [2.05, 4.69) is 24.3 Å². The molecule has 206 valence electrons. The van der Waals surface area contributed by atoms with Gasteiger partial charge in [0.25, 0.3) is 15.9 Å². The van der Waals surface area contributed by atoms with Crippen molar-refractivity contribution in [3.05, 3.63) is 130 Å². The monoisotopic (exact) mass is 572 g/mol. The Morgan fingerprint density at radius 2 is 1.48 bits per heavy atom. The molecule has 1 fully saturated rings. The van der Waals surface area contributed by atoms with E-state index in [-0.39, 0.29) is 17.3 Å². The highest BCUT2D eigenvalue weighted by molar-refractivity contribution is 7.92. The molecule has 4 aromatic rings. The Hall–Kier alpha value is -3.61. The van der Waals surface area contributed by atoms with Crippen LogP contribution in [0.1, 0.15) is 39.9 Å². The summed E-state index contributed by atoms with van der Waals surface area (Å²) in [5, 5.41) is 0.461. The zero-order chi connectivity index (χ0) is 28.1. The molecule has 0 aromatic heterocycles. The van der Waals surface area contributed by atoms with Crippen LogP contribution in [-0.4, -0.2) is 32.3 Å². The van der Waals surface area contributed by atoms with Gasteiger partial charge in [-0.3, -0.25) is 9.10 Å². The van der Waals surface area contributed by atoms with Gasteiger partial charge in [0.15, 0.2) is 0 Å². The lowest BCUT2D eigenvalue weighted by Crippen LogP contribution is -2.38. The molecule has 5 nitrogen and oxygen atoms in total. The quantitative estimate of drug-likeness (QED) is 0.225. The fourth-order valence-corrected chi connectivity index (χ4v) is 6.96. The van der Waals surface area contributed by atoms with Crippen LogP contribution in [0, 0.1) is 12.8 Å². The van der Waals surface area contributed by atoms with E-state index in [4.69, 9.17) is 11.6 Å². The van der Waals surface area contributed by atoms with Crippen LogP contribution in [0.3, 0.4) is 0 Å². The summed E-state index contributed by atoms with van der Waals surface area (Å²) < 4.78 is 28.9. The lowest BCUT2D eigenvalue weighted by atomic mass is 9.90. The molecule has 0 radical (unpaired) electrons. The lowest BCUT2D eigenvalue weighted by Gasteiger charge is -2.32. The molecular formula is C33H33ClN2O3S. The van der Waals surface area contributed by atoms with Crippen molar-refractivity contribution in [1.82, 2.24) is 4.90 Å². The maximum absolute atomic E-state index is 13.7. The first-order valence-corrected chi connectivity index (χ1v) is 15.4. The van der Waals surface area contributed by atoms with Crippen LogP contribution >= 0.6 is 11.6 Å². The minimum Gasteiger partial charge on any atom is -0.339 e. The van der Waals surface area contributed by atoms with Crippen LogP contribution in [0.5, 0.6) is 0 Å². The van der Waals surface area contributed by atoms with E-state index in [1.54, 1.807) is 54.6 Å². The lowest BCUT2D eigenvalue weighted by molar-refractivity contribution is 0.0690. The number of aryl methyl sites for hydroxylation is 1. The fourth-order valence-electron chi connectivity index (χ4n) is 5.26. The van der Waals surface area contributed by atoms with Gasteiger partial charge in [-0.05, 0) is 85.2 Å². The summed E-state index contributed by atoms with van der Waals surface area (Å²) in [6.07, 6.45) is 3.03. The third kappa shape index (κ3) is 6.40. The third-order valence-electron chi connectivity index (χ3n) is 7.57. The minimum atomic E-state index is -3.86. The largest absolute Gasteiger partial charge is 0.339 e. The van der Waals surface area contributed by atoms with Gasteiger partial charge in [-0.2, -0.15) is 0 Å². The van der Waals surface area contributed by atoms with Crippen molar-refractivity contribution in [2.24, 2.45) is 5.92 Å². The summed E-state index contributed by atoms with van der Waals surface area (Å²) >= 11 is 6.28. The average molecular weight is 573 g/mol. The molecule has 0 saturated carbocycles. The second-order valence-electron chi connectivity index (χ2n) is 10.4. The normalized spacial score (nSPS) is 14.2. The van der Waals surface area contributed by atoms with Gasteiger partial charge in [0.05, 0.1) is 17.1 Å². The summed E-state index contributed by atoms with van der Waals surface area (Å²) in [4.78, 5) is 15.4. The first-order chi connectivity index (χ1) is 19.3. The van der Waals surface area contributed by atoms with Crippen molar-refractivity contribution >= 4 is 33.2 Å². The number of benzene rings is 4. The average Bonchev–Trinajstić information content (AvgIpc) is 2.98. The minimum absolute atomic E-state index is 0.0177. The molecule has 1 heterocycles. The Kier molecular flexibility index (Phi) is 8.57. The summed E-state index contributed by atoms with van der Waals surface area (Å²) in [7, 11) is -3.86. The molecule has 0 aliphatic carbocycles. The molecule has 1 aliphatic rings. The first-order valence-electron chi connectivity index (χ1n) is 13.6. The SMILES string of the molecule is Cc1ccc(Cl)cc1N(Cc1ccc(C(=O)N2CCC(Cc3ccccc3)CC2)cc1)S(=O)(=O)c1ccccc1. The summed E-state index contributed by atoms with van der Waals surface area (Å²) in [6, 6.07) is 31.4. The number of halogens is 1. The van der Waals surface area contributed by atoms with Gasteiger partial charge in [-0.15, -0.1) is 0 Å². The predicted octanol–water partition coefficient (Wildman–Crippen LogP) is 7.14. The Bertz CT molecular complexity index is 1550. The molecule has 1 amide bonds. The summed E-state index contributed by atoms with van der Waals surface area (Å²) in [5.74, 6) is 0.602. The van der Waals surface area contributed by atoms with Gasteiger partial charge in [0, 0.05) is 23.7 Å². The maximum Gasteiger partial charge on any atom is 0.264 e. The molecule has 0 bridgehead atoms. The zero-order valence-corrected chi connectivity index (χ0v) is 24.1. The van der Waals surface area contributed by atoms with E-state index in [9.17, 15) is 13.2 Å². The number of rotatable bonds is 8. The number of carbonyl (C=O) groups excluding carboxylic acids is 1. The molecule has 5 rings (SSSR count). The molecule has 7 heteroatoms. The Morgan fingerprint density at radius 3 is 2.12 bits per heavy atom. The zero-order valence-electron chi connectivity index (χ0n) is 22.5. The molecule has 0 atom stereocenters. The second kappa shape index (κ2) is 12.3. The van der Waals surface area contributed by atoms with E-state index < -0.39 is 10.0 Å². The topological polar surface area (TPSA) is 57.7 Å². The van der Waals surface area contributed by atoms with E-state index in [0.29, 0.717) is 22.2 Å². The van der Waals surface area contributed by atoms with Crippen molar-refractivity contribution in [2.45, 2.75) is 37.6 Å². The fraction of sp³-hybridized carbons (Fsp3) is 0.242. The van der Waals surface area contributed by atoms with Crippen molar-refractivity contribution < 1.29 is 13.2 Å². The first kappa shape index (κ1) is 27.9. The van der Waals surface area contributed by atoms with Crippen LogP contribution in [0.2, 0.25) is 5.02 Å².